The smallest absolute Gasteiger partial charge is 0.330 e. The van der Waals surface area contributed by atoms with Crippen molar-refractivity contribution >= 4 is 23.6 Å². The number of H-pyrrole nitrogens is 1. The van der Waals surface area contributed by atoms with Gasteiger partial charge in [-0.15, -0.1) is 0 Å². The Morgan fingerprint density at radius 2 is 2.26 bits per heavy atom. The summed E-state index contributed by atoms with van der Waals surface area (Å²) in [7, 11) is 0. The third-order valence-electron chi connectivity index (χ3n) is 3.09. The van der Waals surface area contributed by atoms with E-state index >= 15 is 0 Å². The average molecular weight is 282 g/mol. The minimum Gasteiger partial charge on any atom is -0.479 e. The number of carboxylic acids is 1. The zero-order chi connectivity index (χ0) is 14.0. The number of aromatic nitrogens is 1. The summed E-state index contributed by atoms with van der Waals surface area (Å²) in [5, 5.41) is 11.7. The van der Waals surface area contributed by atoms with Crippen LogP contribution in [0.4, 0.5) is 0 Å². The van der Waals surface area contributed by atoms with Gasteiger partial charge in [0.1, 0.15) is 11.1 Å². The molecule has 3 N–H and O–H groups in total. The van der Waals surface area contributed by atoms with E-state index in [-0.39, 0.29) is 5.56 Å². The molecule has 1 aliphatic rings. The lowest BCUT2D eigenvalue weighted by Gasteiger charge is -2.24. The molecule has 0 saturated carbocycles. The van der Waals surface area contributed by atoms with E-state index in [9.17, 15) is 19.5 Å². The number of carbonyl (C=O) groups is 2. The van der Waals surface area contributed by atoms with E-state index in [0.29, 0.717) is 23.6 Å². The maximum Gasteiger partial charge on any atom is 0.330 e. The highest BCUT2D eigenvalue weighted by Crippen LogP contribution is 2.28. The summed E-state index contributed by atoms with van der Waals surface area (Å²) < 4.78 is 0. The second-order valence-corrected chi connectivity index (χ2v) is 5.64. The van der Waals surface area contributed by atoms with Gasteiger partial charge in [-0.2, -0.15) is 11.8 Å². The summed E-state index contributed by atoms with van der Waals surface area (Å²) in [4.78, 5) is 37.8. The molecular weight excluding hydrogens is 268 g/mol. The van der Waals surface area contributed by atoms with Crippen molar-refractivity contribution in [3.05, 3.63) is 33.7 Å². The molecule has 1 aromatic rings. The fourth-order valence-corrected chi connectivity index (χ4v) is 3.25. The topological polar surface area (TPSA) is 99.3 Å². The number of rotatable bonds is 3. The van der Waals surface area contributed by atoms with Crippen molar-refractivity contribution in [1.29, 1.82) is 0 Å². The van der Waals surface area contributed by atoms with E-state index in [2.05, 4.69) is 10.3 Å². The van der Waals surface area contributed by atoms with Gasteiger partial charge in [-0.05, 0) is 19.1 Å². The Bertz CT molecular complexity index is 575. The van der Waals surface area contributed by atoms with Crippen LogP contribution < -0.4 is 10.7 Å². The van der Waals surface area contributed by atoms with E-state index in [1.54, 1.807) is 6.92 Å². The first-order valence-corrected chi connectivity index (χ1v) is 6.93. The molecule has 7 heteroatoms. The molecule has 0 aliphatic carbocycles. The normalized spacial score (nSPS) is 22.2. The fraction of sp³-hybridized carbons (Fsp3) is 0.417. The molecule has 0 bridgehead atoms. The SMILES string of the molecule is Cc1cc(=O)c(C(=O)NC2(C(=O)O)CCSC2)c[nH]1. The summed E-state index contributed by atoms with van der Waals surface area (Å²) >= 11 is 1.47. The second-order valence-electron chi connectivity index (χ2n) is 4.54. The monoisotopic (exact) mass is 282 g/mol. The van der Waals surface area contributed by atoms with Crippen LogP contribution in [0.5, 0.6) is 0 Å². The van der Waals surface area contributed by atoms with E-state index in [1.807, 2.05) is 0 Å². The van der Waals surface area contributed by atoms with Gasteiger partial charge in [0.25, 0.3) is 5.91 Å². The molecule has 1 unspecified atom stereocenters. The van der Waals surface area contributed by atoms with Crippen LogP contribution in [0.2, 0.25) is 0 Å². The Balaban J connectivity index is 2.25. The van der Waals surface area contributed by atoms with Crippen LogP contribution >= 0.6 is 11.8 Å². The van der Waals surface area contributed by atoms with E-state index in [4.69, 9.17) is 0 Å². The summed E-state index contributed by atoms with van der Waals surface area (Å²) in [6.07, 6.45) is 1.67. The third kappa shape index (κ3) is 2.65. The molecule has 0 aromatic carbocycles. The van der Waals surface area contributed by atoms with Gasteiger partial charge in [0.05, 0.1) is 0 Å². The molecule has 19 heavy (non-hydrogen) atoms. The maximum atomic E-state index is 12.0. The van der Waals surface area contributed by atoms with Crippen LogP contribution in [0.25, 0.3) is 0 Å². The number of nitrogens with one attached hydrogen (secondary N) is 2. The molecule has 102 valence electrons. The van der Waals surface area contributed by atoms with Crippen LogP contribution in [-0.4, -0.2) is 39.0 Å². The summed E-state index contributed by atoms with van der Waals surface area (Å²) in [6.45, 7) is 1.70. The van der Waals surface area contributed by atoms with Crippen LogP contribution in [0, 0.1) is 6.92 Å². The second kappa shape index (κ2) is 5.08. The van der Waals surface area contributed by atoms with Gasteiger partial charge >= 0.3 is 5.97 Å². The number of carboxylic acid groups (broad SMARTS) is 1. The molecule has 1 aromatic heterocycles. The Labute approximate surface area is 113 Å². The lowest BCUT2D eigenvalue weighted by Crippen LogP contribution is -2.55. The number of aromatic amines is 1. The third-order valence-corrected chi connectivity index (χ3v) is 4.28. The summed E-state index contributed by atoms with van der Waals surface area (Å²) in [6, 6.07) is 1.31. The van der Waals surface area contributed by atoms with Gasteiger partial charge in [0.2, 0.25) is 0 Å². The number of hydrogen-bond acceptors (Lipinski definition) is 4. The zero-order valence-corrected chi connectivity index (χ0v) is 11.2. The minimum atomic E-state index is -1.26. The van der Waals surface area contributed by atoms with Gasteiger partial charge < -0.3 is 15.4 Å². The first-order chi connectivity index (χ1) is 8.94. The van der Waals surface area contributed by atoms with Crippen molar-refractivity contribution in [2.24, 2.45) is 0 Å². The van der Waals surface area contributed by atoms with Crippen molar-refractivity contribution in [3.63, 3.8) is 0 Å². The Morgan fingerprint density at radius 3 is 2.79 bits per heavy atom. The minimum absolute atomic E-state index is 0.0666. The van der Waals surface area contributed by atoms with Gasteiger partial charge in [-0.3, -0.25) is 9.59 Å². The van der Waals surface area contributed by atoms with E-state index < -0.39 is 22.8 Å². The number of pyridine rings is 1. The lowest BCUT2D eigenvalue weighted by atomic mass is 9.98. The van der Waals surface area contributed by atoms with Crippen LogP contribution in [0.1, 0.15) is 22.5 Å². The number of thioether (sulfide) groups is 1. The highest BCUT2D eigenvalue weighted by molar-refractivity contribution is 7.99. The summed E-state index contributed by atoms with van der Waals surface area (Å²) in [5.41, 5.74) is -1.10. The molecule has 2 rings (SSSR count). The first-order valence-electron chi connectivity index (χ1n) is 5.78. The Morgan fingerprint density at radius 1 is 1.53 bits per heavy atom. The number of aryl methyl sites for hydroxylation is 1. The van der Waals surface area contributed by atoms with Crippen molar-refractivity contribution in [2.45, 2.75) is 18.9 Å². The van der Waals surface area contributed by atoms with Gasteiger partial charge in [0.15, 0.2) is 5.43 Å². The maximum absolute atomic E-state index is 12.0. The van der Waals surface area contributed by atoms with Gasteiger partial charge in [-0.25, -0.2) is 4.79 Å². The van der Waals surface area contributed by atoms with Crippen molar-refractivity contribution < 1.29 is 14.7 Å². The standard InChI is InChI=1S/C12H14N2O4S/c1-7-4-9(15)8(5-13-7)10(16)14-12(11(17)18)2-3-19-6-12/h4-5H,2-3,6H2,1H3,(H,13,15)(H,14,16)(H,17,18). The van der Waals surface area contributed by atoms with Crippen LogP contribution in [-0.2, 0) is 4.79 Å². The largest absolute Gasteiger partial charge is 0.479 e. The molecular formula is C12H14N2O4S. The predicted octanol–water partition coefficient (Wildman–Crippen LogP) is 0.373. The molecule has 1 aliphatic heterocycles. The number of aliphatic carboxylic acids is 1. The molecule has 1 atom stereocenters. The lowest BCUT2D eigenvalue weighted by molar-refractivity contribution is -0.143. The molecule has 0 radical (unpaired) electrons. The van der Waals surface area contributed by atoms with Crippen molar-refractivity contribution in [2.75, 3.05) is 11.5 Å². The van der Waals surface area contributed by atoms with Crippen LogP contribution in [0.15, 0.2) is 17.1 Å². The van der Waals surface area contributed by atoms with Crippen molar-refractivity contribution in [3.8, 4) is 0 Å². The molecule has 1 amide bonds. The average Bonchev–Trinajstić information content (AvgIpc) is 2.78. The fourth-order valence-electron chi connectivity index (χ4n) is 1.92. The number of hydrogen-bond donors (Lipinski definition) is 3. The quantitative estimate of drug-likeness (QED) is 0.744. The Hall–Kier alpha value is -1.76. The molecule has 2 heterocycles. The molecule has 0 spiro atoms. The Kier molecular flexibility index (Phi) is 3.66. The number of carbonyl (C=O) groups excluding carboxylic acids is 1. The molecule has 1 saturated heterocycles. The number of amides is 1. The van der Waals surface area contributed by atoms with Gasteiger partial charge in [-0.1, -0.05) is 0 Å². The highest BCUT2D eigenvalue weighted by atomic mass is 32.2. The molecule has 6 nitrogen and oxygen atoms in total. The molecule has 1 fully saturated rings. The zero-order valence-electron chi connectivity index (χ0n) is 10.4. The summed E-state index contributed by atoms with van der Waals surface area (Å²) in [5.74, 6) is -0.713. The van der Waals surface area contributed by atoms with E-state index in [0.717, 1.165) is 0 Å². The van der Waals surface area contributed by atoms with Gasteiger partial charge in [0, 0.05) is 23.7 Å². The highest BCUT2D eigenvalue weighted by Gasteiger charge is 2.43. The predicted molar refractivity (Wildman–Crippen MR) is 71.6 cm³/mol. The van der Waals surface area contributed by atoms with E-state index in [1.165, 1.54) is 24.0 Å². The van der Waals surface area contributed by atoms with Crippen molar-refractivity contribution in [1.82, 2.24) is 10.3 Å². The van der Waals surface area contributed by atoms with Crippen LogP contribution in [0.3, 0.4) is 0 Å². The first kappa shape index (κ1) is 13.7.